The van der Waals surface area contributed by atoms with Gasteiger partial charge in [-0.05, 0) is 27.7 Å². The first-order valence-electron chi connectivity index (χ1n) is 7.54. The molecule has 2 rings (SSSR count). The second kappa shape index (κ2) is 6.12. The number of aromatic nitrogens is 2. The fourth-order valence-electron chi connectivity index (χ4n) is 2.42. The summed E-state index contributed by atoms with van der Waals surface area (Å²) in [6, 6.07) is -0.252. The average Bonchev–Trinajstić information content (AvgIpc) is 2.83. The Balaban J connectivity index is 2.08. The topological polar surface area (TPSA) is 75.7 Å². The van der Waals surface area contributed by atoms with Crippen molar-refractivity contribution < 1.29 is 22.5 Å². The predicted octanol–water partition coefficient (Wildman–Crippen LogP) is 0.347. The smallest absolute Gasteiger partial charge is 0.410 e. The Labute approximate surface area is 137 Å². The first-order valence-corrected chi connectivity index (χ1v) is 8.94. The monoisotopic (exact) mass is 345 g/mol. The molecule has 1 fully saturated rings. The van der Waals surface area contributed by atoms with Gasteiger partial charge in [0, 0.05) is 25.7 Å². The lowest BCUT2D eigenvalue weighted by Crippen LogP contribution is -2.56. The van der Waals surface area contributed by atoms with Gasteiger partial charge in [-0.3, -0.25) is 0 Å². The van der Waals surface area contributed by atoms with Crippen LogP contribution in [0.25, 0.3) is 0 Å². The second-order valence-corrected chi connectivity index (χ2v) is 8.63. The zero-order valence-corrected chi connectivity index (χ0v) is 15.1. The molecule has 1 aromatic rings. The lowest BCUT2D eigenvalue weighted by Gasteiger charge is -2.38. The van der Waals surface area contributed by atoms with Crippen LogP contribution in [0.15, 0.2) is 18.7 Å². The van der Waals surface area contributed by atoms with Crippen molar-refractivity contribution in [1.82, 2.24) is 13.2 Å². The zero-order valence-electron chi connectivity index (χ0n) is 14.3. The maximum Gasteiger partial charge on any atom is 0.410 e. The molecule has 0 aliphatic carbocycles. The first-order chi connectivity index (χ1) is 10.5. The molecule has 1 aromatic heterocycles. The number of ether oxygens (including phenoxy) is 1. The number of carbonyl (C=O) groups is 1. The summed E-state index contributed by atoms with van der Waals surface area (Å²) in [7, 11) is -1.85. The first kappa shape index (κ1) is 17.7. The van der Waals surface area contributed by atoms with Gasteiger partial charge in [-0.1, -0.05) is 0 Å². The Morgan fingerprint density at radius 1 is 1.30 bits per heavy atom. The van der Waals surface area contributed by atoms with Gasteiger partial charge in [0.25, 0.3) is 6.33 Å². The third kappa shape index (κ3) is 4.03. The van der Waals surface area contributed by atoms with Crippen LogP contribution in [0.3, 0.4) is 0 Å². The molecule has 9 heteroatoms. The van der Waals surface area contributed by atoms with E-state index < -0.39 is 21.9 Å². The van der Waals surface area contributed by atoms with Crippen LogP contribution in [0.2, 0.25) is 0 Å². The Kier molecular flexibility index (Phi) is 4.72. The van der Waals surface area contributed by atoms with Gasteiger partial charge in [0.1, 0.15) is 18.0 Å². The van der Waals surface area contributed by atoms with Crippen molar-refractivity contribution in [3.05, 3.63) is 18.7 Å². The minimum Gasteiger partial charge on any atom is -0.444 e. The fourth-order valence-corrected chi connectivity index (χ4v) is 3.88. The van der Waals surface area contributed by atoms with Crippen molar-refractivity contribution in [3.63, 3.8) is 0 Å². The van der Waals surface area contributed by atoms with E-state index in [1.807, 2.05) is 27.7 Å². The summed E-state index contributed by atoms with van der Waals surface area (Å²) in [5.41, 5.74) is -0.570. The van der Waals surface area contributed by atoms with Gasteiger partial charge in [0.2, 0.25) is 0 Å². The van der Waals surface area contributed by atoms with Gasteiger partial charge >= 0.3 is 16.3 Å². The number of aryl methyl sites for hydroxylation is 1. The van der Waals surface area contributed by atoms with E-state index in [1.54, 1.807) is 22.7 Å². The molecule has 23 heavy (non-hydrogen) atoms. The number of amides is 1. The number of imidazole rings is 1. The highest BCUT2D eigenvalue weighted by atomic mass is 32.2. The molecular formula is C14H25N4O4S+. The van der Waals surface area contributed by atoms with Gasteiger partial charge in [-0.2, -0.15) is 12.7 Å². The highest BCUT2D eigenvalue weighted by Gasteiger charge is 2.37. The van der Waals surface area contributed by atoms with E-state index in [1.165, 1.54) is 20.8 Å². The van der Waals surface area contributed by atoms with Crippen molar-refractivity contribution in [3.8, 4) is 0 Å². The maximum atomic E-state index is 12.6. The molecule has 0 saturated carbocycles. The molecule has 0 aromatic carbocycles. The molecule has 0 spiro atoms. The molecule has 2 heterocycles. The van der Waals surface area contributed by atoms with Crippen molar-refractivity contribution in [1.29, 1.82) is 0 Å². The van der Waals surface area contributed by atoms with E-state index in [9.17, 15) is 13.2 Å². The van der Waals surface area contributed by atoms with Crippen molar-refractivity contribution >= 4 is 16.3 Å². The Morgan fingerprint density at radius 3 is 2.43 bits per heavy atom. The number of nitrogens with zero attached hydrogens (tertiary/aromatic N) is 4. The van der Waals surface area contributed by atoms with E-state index in [-0.39, 0.29) is 19.1 Å². The molecule has 0 N–H and O–H groups in total. The van der Waals surface area contributed by atoms with Crippen LogP contribution in [0.5, 0.6) is 0 Å². The SMILES string of the molecule is C[C@@H]1CN(S(=O)(=O)n2cc[n+](C)c2)CCN1C(=O)OC(C)(C)C. The van der Waals surface area contributed by atoms with Crippen LogP contribution in [0, 0.1) is 0 Å². The van der Waals surface area contributed by atoms with E-state index >= 15 is 0 Å². The molecule has 0 radical (unpaired) electrons. The van der Waals surface area contributed by atoms with Crippen molar-refractivity contribution in [2.75, 3.05) is 19.6 Å². The highest BCUT2D eigenvalue weighted by molar-refractivity contribution is 7.87. The van der Waals surface area contributed by atoms with Gasteiger partial charge in [-0.15, -0.1) is 3.97 Å². The lowest BCUT2D eigenvalue weighted by atomic mass is 10.2. The molecule has 1 saturated heterocycles. The summed E-state index contributed by atoms with van der Waals surface area (Å²) in [6.45, 7) is 8.04. The van der Waals surface area contributed by atoms with E-state index in [2.05, 4.69) is 0 Å². The third-order valence-electron chi connectivity index (χ3n) is 3.56. The Hall–Kier alpha value is -1.61. The van der Waals surface area contributed by atoms with Crippen LogP contribution in [-0.4, -0.2) is 59.0 Å². The van der Waals surface area contributed by atoms with E-state index in [0.717, 1.165) is 0 Å². The van der Waals surface area contributed by atoms with Gasteiger partial charge in [-0.25, -0.2) is 9.36 Å². The van der Waals surface area contributed by atoms with Gasteiger partial charge < -0.3 is 9.64 Å². The van der Waals surface area contributed by atoms with Crippen LogP contribution < -0.4 is 4.57 Å². The Bertz CT molecular complexity index is 677. The largest absolute Gasteiger partial charge is 0.444 e. The molecule has 1 atom stereocenters. The molecule has 0 unspecified atom stereocenters. The third-order valence-corrected chi connectivity index (χ3v) is 5.29. The summed E-state index contributed by atoms with van der Waals surface area (Å²) in [4.78, 5) is 13.8. The lowest BCUT2D eigenvalue weighted by molar-refractivity contribution is -0.670. The minimum atomic E-state index is -3.61. The molecular weight excluding hydrogens is 320 g/mol. The van der Waals surface area contributed by atoms with Crippen LogP contribution in [-0.2, 0) is 22.0 Å². The minimum absolute atomic E-state index is 0.240. The van der Waals surface area contributed by atoms with Crippen molar-refractivity contribution in [2.24, 2.45) is 7.05 Å². The number of piperazine rings is 1. The number of carbonyl (C=O) groups excluding carboxylic acids is 1. The van der Waals surface area contributed by atoms with E-state index in [0.29, 0.717) is 6.54 Å². The number of hydrogen-bond acceptors (Lipinski definition) is 4. The molecule has 0 bridgehead atoms. The number of rotatable bonds is 2. The molecule has 1 aliphatic heterocycles. The van der Waals surface area contributed by atoms with Crippen molar-refractivity contribution in [2.45, 2.75) is 39.3 Å². The van der Waals surface area contributed by atoms with Crippen LogP contribution in [0.4, 0.5) is 4.79 Å². The van der Waals surface area contributed by atoms with Gasteiger partial charge in [0.15, 0.2) is 0 Å². The van der Waals surface area contributed by atoms with E-state index in [4.69, 9.17) is 4.74 Å². The standard InChI is InChI=1S/C14H25N4O4S/c1-12-10-16(23(20,21)17-7-6-15(5)11-17)8-9-18(12)13(19)22-14(2,3)4/h6-7,11-12H,8-10H2,1-5H3/q+1/t12-/m1/s1. The normalized spacial score (nSPS) is 20.6. The van der Waals surface area contributed by atoms with Gasteiger partial charge in [0.05, 0.1) is 7.05 Å². The second-order valence-electron chi connectivity index (χ2n) is 6.80. The summed E-state index contributed by atoms with van der Waals surface area (Å²) in [5.74, 6) is 0. The summed E-state index contributed by atoms with van der Waals surface area (Å²) < 4.78 is 34.8. The number of hydrogen-bond donors (Lipinski definition) is 0. The Morgan fingerprint density at radius 2 is 1.96 bits per heavy atom. The molecule has 130 valence electrons. The maximum absolute atomic E-state index is 12.6. The predicted molar refractivity (Wildman–Crippen MR) is 83.9 cm³/mol. The molecule has 1 aliphatic rings. The highest BCUT2D eigenvalue weighted by Crippen LogP contribution is 2.18. The van der Waals surface area contributed by atoms with Crippen LogP contribution in [0.1, 0.15) is 27.7 Å². The summed E-state index contributed by atoms with van der Waals surface area (Å²) in [5, 5.41) is 0. The average molecular weight is 345 g/mol. The quantitative estimate of drug-likeness (QED) is 0.725. The summed E-state index contributed by atoms with van der Waals surface area (Å²) in [6.07, 6.45) is 4.26. The molecule has 8 nitrogen and oxygen atoms in total. The van der Waals surface area contributed by atoms with Crippen LogP contribution >= 0.6 is 0 Å². The molecule has 1 amide bonds. The summed E-state index contributed by atoms with van der Waals surface area (Å²) >= 11 is 0. The fraction of sp³-hybridized carbons (Fsp3) is 0.714. The zero-order chi connectivity index (χ0) is 17.4.